The summed E-state index contributed by atoms with van der Waals surface area (Å²) >= 11 is 0. The van der Waals surface area contributed by atoms with Gasteiger partial charge in [0.05, 0.1) is 12.6 Å². The number of carboxylic acid groups (broad SMARTS) is 1. The average Bonchev–Trinajstić information content (AvgIpc) is 2.78. The lowest BCUT2D eigenvalue weighted by molar-refractivity contribution is -0.138. The molecule has 0 aromatic heterocycles. The lowest BCUT2D eigenvalue weighted by Crippen LogP contribution is -2.37. The average molecular weight is 284 g/mol. The van der Waals surface area contributed by atoms with Crippen LogP contribution in [0.1, 0.15) is 38.5 Å². The van der Waals surface area contributed by atoms with Crippen LogP contribution in [0.2, 0.25) is 0 Å². The Morgan fingerprint density at radius 3 is 2.40 bits per heavy atom. The van der Waals surface area contributed by atoms with Gasteiger partial charge in [0.15, 0.2) is 0 Å². The molecule has 0 bridgehead atoms. The molecule has 0 radical (unpaired) electrons. The number of carboxylic acids is 1. The van der Waals surface area contributed by atoms with Crippen molar-refractivity contribution in [1.82, 2.24) is 9.80 Å². The Balaban J connectivity index is 1.68. The van der Waals surface area contributed by atoms with Gasteiger partial charge in [-0.05, 0) is 25.3 Å². The first-order valence-electron chi connectivity index (χ1n) is 7.98. The summed E-state index contributed by atoms with van der Waals surface area (Å²) in [5.74, 6) is -0.0276. The third kappa shape index (κ3) is 5.38. The maximum absolute atomic E-state index is 10.7. The summed E-state index contributed by atoms with van der Waals surface area (Å²) in [6.45, 7) is 4.37. The highest BCUT2D eigenvalue weighted by molar-refractivity contribution is 5.69. The first-order valence-corrected chi connectivity index (χ1v) is 7.98. The van der Waals surface area contributed by atoms with E-state index in [4.69, 9.17) is 5.11 Å². The molecule has 5 heteroatoms. The Kier molecular flexibility index (Phi) is 6.26. The zero-order chi connectivity index (χ0) is 14.4. The van der Waals surface area contributed by atoms with Crippen LogP contribution in [-0.2, 0) is 4.79 Å². The van der Waals surface area contributed by atoms with E-state index in [1.165, 1.54) is 25.7 Å². The van der Waals surface area contributed by atoms with Gasteiger partial charge in [0.2, 0.25) is 0 Å². The molecule has 1 aliphatic carbocycles. The van der Waals surface area contributed by atoms with Gasteiger partial charge in [-0.2, -0.15) is 0 Å². The van der Waals surface area contributed by atoms with Gasteiger partial charge < -0.3 is 10.2 Å². The van der Waals surface area contributed by atoms with Crippen molar-refractivity contribution in [1.29, 1.82) is 0 Å². The van der Waals surface area contributed by atoms with E-state index in [0.717, 1.165) is 51.5 Å². The fourth-order valence-corrected chi connectivity index (χ4v) is 3.56. The highest BCUT2D eigenvalue weighted by Crippen LogP contribution is 2.28. The second kappa shape index (κ2) is 7.96. The van der Waals surface area contributed by atoms with Crippen LogP contribution in [0.3, 0.4) is 0 Å². The van der Waals surface area contributed by atoms with Crippen molar-refractivity contribution < 1.29 is 15.0 Å². The van der Waals surface area contributed by atoms with Gasteiger partial charge in [-0.25, -0.2) is 0 Å². The molecule has 0 spiro atoms. The molecule has 2 aliphatic rings. The third-order valence-electron chi connectivity index (χ3n) is 4.59. The highest BCUT2D eigenvalue weighted by atomic mass is 16.4. The molecule has 1 saturated heterocycles. The van der Waals surface area contributed by atoms with Crippen molar-refractivity contribution in [3.05, 3.63) is 0 Å². The molecule has 2 fully saturated rings. The van der Waals surface area contributed by atoms with Gasteiger partial charge in [0.25, 0.3) is 0 Å². The molecule has 20 heavy (non-hydrogen) atoms. The molecule has 1 unspecified atom stereocenters. The van der Waals surface area contributed by atoms with Crippen LogP contribution in [0, 0.1) is 5.92 Å². The minimum Gasteiger partial charge on any atom is -0.480 e. The van der Waals surface area contributed by atoms with Gasteiger partial charge in [-0.15, -0.1) is 0 Å². The molecule has 5 nitrogen and oxygen atoms in total. The molecule has 2 N–H and O–H groups in total. The van der Waals surface area contributed by atoms with Crippen LogP contribution in [0.5, 0.6) is 0 Å². The number of β-amino-alcohol motifs (C(OH)–C–C–N with tert-alkyl or cyclic N) is 1. The molecule has 1 saturated carbocycles. The van der Waals surface area contributed by atoms with Crippen LogP contribution >= 0.6 is 0 Å². The Morgan fingerprint density at radius 1 is 1.05 bits per heavy atom. The summed E-state index contributed by atoms with van der Waals surface area (Å²) in [5, 5.41) is 19.0. The standard InChI is InChI=1S/C15H28N2O3/c18-14(10-13-4-1-2-5-13)11-16-6-3-7-17(9-8-16)12-15(19)20/h13-14,18H,1-12H2,(H,19,20). The predicted octanol–water partition coefficient (Wildman–Crippen LogP) is 1.02. The number of nitrogens with zero attached hydrogens (tertiary/aromatic N) is 2. The van der Waals surface area contributed by atoms with E-state index >= 15 is 0 Å². The second-order valence-electron chi connectivity index (χ2n) is 6.36. The van der Waals surface area contributed by atoms with E-state index in [2.05, 4.69) is 4.90 Å². The van der Waals surface area contributed by atoms with Crippen LogP contribution < -0.4 is 0 Å². The van der Waals surface area contributed by atoms with Crippen molar-refractivity contribution in [2.45, 2.75) is 44.6 Å². The van der Waals surface area contributed by atoms with Gasteiger partial charge in [-0.1, -0.05) is 25.7 Å². The molecule has 116 valence electrons. The normalized spacial score (nSPS) is 24.6. The summed E-state index contributed by atoms with van der Waals surface area (Å²) in [6, 6.07) is 0. The maximum atomic E-state index is 10.7. The molecule has 0 aromatic carbocycles. The second-order valence-corrected chi connectivity index (χ2v) is 6.36. The van der Waals surface area contributed by atoms with Gasteiger partial charge in [0.1, 0.15) is 0 Å². The molecule has 2 rings (SSSR count). The monoisotopic (exact) mass is 284 g/mol. The van der Waals surface area contributed by atoms with Crippen LogP contribution in [-0.4, -0.2) is 71.4 Å². The summed E-state index contributed by atoms with van der Waals surface area (Å²) in [4.78, 5) is 15.0. The number of hydrogen-bond acceptors (Lipinski definition) is 4. The first kappa shape index (κ1) is 15.7. The van der Waals surface area contributed by atoms with Crippen molar-refractivity contribution in [2.75, 3.05) is 39.3 Å². The van der Waals surface area contributed by atoms with E-state index < -0.39 is 5.97 Å². The van der Waals surface area contributed by atoms with Crippen LogP contribution in [0.15, 0.2) is 0 Å². The third-order valence-corrected chi connectivity index (χ3v) is 4.59. The van der Waals surface area contributed by atoms with Crippen molar-refractivity contribution >= 4 is 5.97 Å². The number of aliphatic hydroxyl groups is 1. The van der Waals surface area contributed by atoms with Gasteiger partial charge in [-0.3, -0.25) is 14.6 Å². The first-order chi connectivity index (χ1) is 9.63. The van der Waals surface area contributed by atoms with E-state index in [-0.39, 0.29) is 12.6 Å². The topological polar surface area (TPSA) is 64.0 Å². The fraction of sp³-hybridized carbons (Fsp3) is 0.933. The number of aliphatic hydroxyl groups excluding tert-OH is 1. The van der Waals surface area contributed by atoms with E-state index in [0.29, 0.717) is 0 Å². The summed E-state index contributed by atoms with van der Waals surface area (Å²) in [5.41, 5.74) is 0. The van der Waals surface area contributed by atoms with Gasteiger partial charge in [0, 0.05) is 26.2 Å². The number of aliphatic carboxylic acids is 1. The largest absolute Gasteiger partial charge is 0.480 e. The zero-order valence-corrected chi connectivity index (χ0v) is 12.3. The Hall–Kier alpha value is -0.650. The summed E-state index contributed by atoms with van der Waals surface area (Å²) < 4.78 is 0. The molecule has 0 aromatic rings. The predicted molar refractivity (Wildman–Crippen MR) is 77.7 cm³/mol. The number of hydrogen-bond donors (Lipinski definition) is 2. The zero-order valence-electron chi connectivity index (χ0n) is 12.3. The van der Waals surface area contributed by atoms with E-state index in [1.54, 1.807) is 0 Å². The van der Waals surface area contributed by atoms with Crippen LogP contribution in [0.4, 0.5) is 0 Å². The van der Waals surface area contributed by atoms with Crippen molar-refractivity contribution in [3.8, 4) is 0 Å². The maximum Gasteiger partial charge on any atom is 0.317 e. The smallest absolute Gasteiger partial charge is 0.317 e. The number of rotatable bonds is 6. The fourth-order valence-electron chi connectivity index (χ4n) is 3.56. The highest BCUT2D eigenvalue weighted by Gasteiger charge is 2.22. The van der Waals surface area contributed by atoms with Gasteiger partial charge >= 0.3 is 5.97 Å². The summed E-state index contributed by atoms with van der Waals surface area (Å²) in [7, 11) is 0. The van der Waals surface area contributed by atoms with E-state index in [9.17, 15) is 9.90 Å². The number of carbonyl (C=O) groups is 1. The van der Waals surface area contributed by atoms with Crippen molar-refractivity contribution in [2.24, 2.45) is 5.92 Å². The molecular weight excluding hydrogens is 256 g/mol. The SMILES string of the molecule is O=C(O)CN1CCCN(CC(O)CC2CCCC2)CC1. The minimum atomic E-state index is -0.750. The minimum absolute atomic E-state index is 0.137. The Morgan fingerprint density at radius 2 is 1.70 bits per heavy atom. The molecule has 1 aliphatic heterocycles. The van der Waals surface area contributed by atoms with E-state index in [1.807, 2.05) is 4.90 Å². The Labute approximate surface area is 121 Å². The molecule has 0 amide bonds. The lowest BCUT2D eigenvalue weighted by atomic mass is 10.00. The van der Waals surface area contributed by atoms with Crippen LogP contribution in [0.25, 0.3) is 0 Å². The Bertz CT molecular complexity index is 305. The molecular formula is C15H28N2O3. The molecule has 1 heterocycles. The molecule has 1 atom stereocenters. The quantitative estimate of drug-likeness (QED) is 0.762. The van der Waals surface area contributed by atoms with Crippen molar-refractivity contribution in [3.63, 3.8) is 0 Å². The summed E-state index contributed by atoms with van der Waals surface area (Å²) in [6.07, 6.45) is 6.92. The lowest BCUT2D eigenvalue weighted by Gasteiger charge is -2.25.